The maximum Gasteiger partial charge on any atom is 0.289 e. The third-order valence-corrected chi connectivity index (χ3v) is 2.77. The van der Waals surface area contributed by atoms with E-state index in [0.717, 1.165) is 6.07 Å². The van der Waals surface area contributed by atoms with E-state index >= 15 is 0 Å². The van der Waals surface area contributed by atoms with Gasteiger partial charge in [0.15, 0.2) is 0 Å². The van der Waals surface area contributed by atoms with Crippen molar-refractivity contribution in [1.82, 2.24) is 5.43 Å². The quantitative estimate of drug-likeness (QED) is 0.464. The van der Waals surface area contributed by atoms with Crippen LogP contribution < -0.4 is 10.7 Å². The van der Waals surface area contributed by atoms with Crippen LogP contribution in [-0.4, -0.2) is 22.4 Å². The molecule has 2 N–H and O–H groups in total. The molecule has 0 saturated carbocycles. The molecule has 0 unspecified atom stereocenters. The largest absolute Gasteiger partial charge is 0.326 e. The third-order valence-electron chi connectivity index (χ3n) is 2.45. The number of benzene rings is 1. The van der Waals surface area contributed by atoms with Crippen LogP contribution in [0.2, 0.25) is 5.02 Å². The number of rotatable bonds is 6. The summed E-state index contributed by atoms with van der Waals surface area (Å²) in [7, 11) is 0. The van der Waals surface area contributed by atoms with Crippen LogP contribution in [-0.2, 0) is 9.59 Å². The molecular formula is C13H12ClN5O4. The Hall–Kier alpha value is -2.99. The summed E-state index contributed by atoms with van der Waals surface area (Å²) < 4.78 is 0. The number of halogens is 1. The fourth-order valence-electron chi connectivity index (χ4n) is 1.48. The summed E-state index contributed by atoms with van der Waals surface area (Å²) in [6.45, 7) is 1.51. The molecule has 0 heterocycles. The maximum absolute atomic E-state index is 11.8. The zero-order chi connectivity index (χ0) is 17.4. The molecule has 23 heavy (non-hydrogen) atoms. The number of nitrogens with zero attached hydrogens (tertiary/aromatic N) is 3. The molecule has 0 atom stereocenters. The molecule has 120 valence electrons. The van der Waals surface area contributed by atoms with E-state index in [1.54, 1.807) is 6.07 Å². The van der Waals surface area contributed by atoms with Gasteiger partial charge >= 0.3 is 0 Å². The molecule has 10 heteroatoms. The molecule has 0 saturated heterocycles. The van der Waals surface area contributed by atoms with Crippen molar-refractivity contribution in [3.8, 4) is 6.07 Å². The first-order chi connectivity index (χ1) is 10.8. The van der Waals surface area contributed by atoms with Gasteiger partial charge in [-0.3, -0.25) is 19.7 Å². The van der Waals surface area contributed by atoms with Crippen LogP contribution in [0.15, 0.2) is 23.3 Å². The van der Waals surface area contributed by atoms with Gasteiger partial charge in [0.05, 0.1) is 17.4 Å². The topological polar surface area (TPSA) is 137 Å². The van der Waals surface area contributed by atoms with Crippen LogP contribution in [0.5, 0.6) is 0 Å². The van der Waals surface area contributed by atoms with E-state index in [1.807, 2.05) is 0 Å². The summed E-state index contributed by atoms with van der Waals surface area (Å²) in [5.74, 6) is -1.06. The van der Waals surface area contributed by atoms with Gasteiger partial charge in [0.25, 0.3) is 11.6 Å². The number of hydrogen-bond donors (Lipinski definition) is 2. The lowest BCUT2D eigenvalue weighted by molar-refractivity contribution is -0.384. The first-order valence-electron chi connectivity index (χ1n) is 6.26. The van der Waals surface area contributed by atoms with Gasteiger partial charge in [-0.25, -0.2) is 5.43 Å². The van der Waals surface area contributed by atoms with Crippen molar-refractivity contribution < 1.29 is 14.5 Å². The third kappa shape index (κ3) is 6.11. The number of nitrogens with one attached hydrogen (secondary N) is 2. The minimum absolute atomic E-state index is 0.0362. The van der Waals surface area contributed by atoms with E-state index in [4.69, 9.17) is 16.9 Å². The van der Waals surface area contributed by atoms with Crippen molar-refractivity contribution in [3.05, 3.63) is 33.3 Å². The average molecular weight is 338 g/mol. The van der Waals surface area contributed by atoms with E-state index in [2.05, 4.69) is 15.8 Å². The highest BCUT2D eigenvalue weighted by Gasteiger charge is 2.14. The molecule has 9 nitrogen and oxygen atoms in total. The number of hydrogen-bond acceptors (Lipinski definition) is 6. The van der Waals surface area contributed by atoms with Gasteiger partial charge in [-0.1, -0.05) is 11.6 Å². The highest BCUT2D eigenvalue weighted by molar-refractivity contribution is 6.32. The molecule has 1 rings (SSSR count). The van der Waals surface area contributed by atoms with E-state index in [9.17, 15) is 19.7 Å². The Balaban J connectivity index is 2.65. The highest BCUT2D eigenvalue weighted by atomic mass is 35.5. The summed E-state index contributed by atoms with van der Waals surface area (Å²) in [6.07, 6.45) is -0.472. The Morgan fingerprint density at radius 2 is 2.13 bits per heavy atom. The maximum atomic E-state index is 11.8. The first-order valence-corrected chi connectivity index (χ1v) is 6.64. The number of nitriles is 1. The Morgan fingerprint density at radius 1 is 1.43 bits per heavy atom. The SMILES string of the molecule is C/C(CC(=O)Nc1ccc(Cl)c([N+](=O)[O-])c1)=N/NC(=O)CC#N. The molecule has 0 spiro atoms. The Kier molecular flexibility index (Phi) is 6.64. The summed E-state index contributed by atoms with van der Waals surface area (Å²) in [5, 5.41) is 25.2. The van der Waals surface area contributed by atoms with Crippen molar-refractivity contribution in [1.29, 1.82) is 5.26 Å². The Labute approximate surface area is 136 Å². The number of hydrazone groups is 1. The fraction of sp³-hybridized carbons (Fsp3) is 0.231. The molecule has 0 radical (unpaired) electrons. The number of carbonyl (C=O) groups excluding carboxylic acids is 2. The summed E-state index contributed by atoms with van der Waals surface area (Å²) in [6, 6.07) is 5.53. The van der Waals surface area contributed by atoms with Gasteiger partial charge in [-0.05, 0) is 19.1 Å². The van der Waals surface area contributed by atoms with E-state index in [-0.39, 0.29) is 29.2 Å². The van der Waals surface area contributed by atoms with Gasteiger partial charge in [-0.2, -0.15) is 10.4 Å². The average Bonchev–Trinajstić information content (AvgIpc) is 2.47. The lowest BCUT2D eigenvalue weighted by Gasteiger charge is -2.06. The molecule has 0 aliphatic rings. The minimum atomic E-state index is -0.657. The highest BCUT2D eigenvalue weighted by Crippen LogP contribution is 2.27. The second-order valence-electron chi connectivity index (χ2n) is 4.37. The lowest BCUT2D eigenvalue weighted by atomic mass is 10.2. The molecule has 0 aliphatic heterocycles. The molecule has 0 aromatic heterocycles. The van der Waals surface area contributed by atoms with Crippen LogP contribution in [0, 0.1) is 21.4 Å². The molecular weight excluding hydrogens is 326 g/mol. The summed E-state index contributed by atoms with van der Waals surface area (Å²) >= 11 is 5.67. The van der Waals surface area contributed by atoms with Gasteiger partial charge in [0.2, 0.25) is 5.91 Å². The number of nitro benzene ring substituents is 1. The first kappa shape index (κ1) is 18.1. The van der Waals surface area contributed by atoms with Crippen molar-refractivity contribution >= 4 is 40.5 Å². The zero-order valence-electron chi connectivity index (χ0n) is 12.0. The predicted octanol–water partition coefficient (Wildman–Crippen LogP) is 1.98. The van der Waals surface area contributed by atoms with Crippen molar-refractivity contribution in [2.75, 3.05) is 5.32 Å². The standard InChI is InChI=1S/C13H12ClN5O4/c1-8(17-18-12(20)4-5-15)6-13(21)16-9-2-3-10(14)11(7-9)19(22)23/h2-3,7H,4,6H2,1H3,(H,16,21)(H,18,20)/b17-8-. The second kappa shape index (κ2) is 8.45. The monoisotopic (exact) mass is 337 g/mol. The molecule has 0 bridgehead atoms. The minimum Gasteiger partial charge on any atom is -0.326 e. The van der Waals surface area contributed by atoms with Crippen molar-refractivity contribution in [2.45, 2.75) is 19.8 Å². The van der Waals surface area contributed by atoms with Gasteiger partial charge < -0.3 is 5.32 Å². The van der Waals surface area contributed by atoms with Gasteiger partial charge in [0.1, 0.15) is 11.4 Å². The van der Waals surface area contributed by atoms with Crippen LogP contribution in [0.4, 0.5) is 11.4 Å². The molecule has 0 fully saturated rings. The molecule has 1 aromatic carbocycles. The fourth-order valence-corrected chi connectivity index (χ4v) is 1.66. The van der Waals surface area contributed by atoms with Crippen LogP contribution in [0.1, 0.15) is 19.8 Å². The van der Waals surface area contributed by atoms with E-state index in [0.29, 0.717) is 5.71 Å². The van der Waals surface area contributed by atoms with Crippen LogP contribution in [0.3, 0.4) is 0 Å². The summed E-state index contributed by atoms with van der Waals surface area (Å²) in [5.41, 5.74) is 2.32. The Bertz CT molecular complexity index is 711. The van der Waals surface area contributed by atoms with Crippen LogP contribution in [0.25, 0.3) is 0 Å². The summed E-state index contributed by atoms with van der Waals surface area (Å²) in [4.78, 5) is 32.9. The molecule has 1 aromatic rings. The number of amides is 2. The normalized spacial score (nSPS) is 10.6. The van der Waals surface area contributed by atoms with E-state index < -0.39 is 16.7 Å². The van der Waals surface area contributed by atoms with Crippen molar-refractivity contribution in [3.63, 3.8) is 0 Å². The predicted molar refractivity (Wildman–Crippen MR) is 82.8 cm³/mol. The number of carbonyl (C=O) groups is 2. The second-order valence-corrected chi connectivity index (χ2v) is 4.77. The van der Waals surface area contributed by atoms with E-state index in [1.165, 1.54) is 19.1 Å². The number of nitro groups is 1. The molecule has 2 amide bonds. The lowest BCUT2D eigenvalue weighted by Crippen LogP contribution is -2.20. The van der Waals surface area contributed by atoms with Gasteiger partial charge in [-0.15, -0.1) is 0 Å². The van der Waals surface area contributed by atoms with Crippen molar-refractivity contribution in [2.24, 2.45) is 5.10 Å². The number of anilines is 1. The van der Waals surface area contributed by atoms with Gasteiger partial charge in [0, 0.05) is 17.5 Å². The molecule has 0 aliphatic carbocycles. The Morgan fingerprint density at radius 3 is 2.74 bits per heavy atom. The smallest absolute Gasteiger partial charge is 0.289 e. The van der Waals surface area contributed by atoms with Crippen LogP contribution >= 0.6 is 11.6 Å². The zero-order valence-corrected chi connectivity index (χ0v) is 12.8.